The number of ketones is 1. The number of carbonyl (C=O) groups excluding carboxylic acids is 2. The Bertz CT molecular complexity index is 873. The van der Waals surface area contributed by atoms with Gasteiger partial charge >= 0.3 is 0 Å². The average molecular weight is 381 g/mol. The highest BCUT2D eigenvalue weighted by molar-refractivity contribution is 6.04. The number of Topliss-reactive ketones (excluding diaryl/α,β-unsaturated/α-hetero) is 1. The van der Waals surface area contributed by atoms with Crippen LogP contribution >= 0.6 is 0 Å². The minimum atomic E-state index is -0.137. The first kappa shape index (κ1) is 19.9. The Morgan fingerprint density at radius 2 is 1.86 bits per heavy atom. The summed E-state index contributed by atoms with van der Waals surface area (Å²) in [5.41, 5.74) is 3.81. The summed E-state index contributed by atoms with van der Waals surface area (Å²) in [6.07, 6.45) is 0.502. The van der Waals surface area contributed by atoms with Crippen molar-refractivity contribution < 1.29 is 19.1 Å². The molecule has 1 amide bonds. The maximum Gasteiger partial charge on any atom is 0.260 e. The van der Waals surface area contributed by atoms with E-state index in [1.54, 1.807) is 18.0 Å². The number of nitrogens with zero attached hydrogens (tertiary/aromatic N) is 1. The van der Waals surface area contributed by atoms with Crippen molar-refractivity contribution in [2.45, 2.75) is 39.7 Å². The van der Waals surface area contributed by atoms with E-state index in [9.17, 15) is 9.59 Å². The number of aryl methyl sites for hydroxylation is 1. The van der Waals surface area contributed by atoms with Gasteiger partial charge in [-0.15, -0.1) is 0 Å². The Morgan fingerprint density at radius 1 is 1.14 bits per heavy atom. The Morgan fingerprint density at radius 3 is 2.54 bits per heavy atom. The van der Waals surface area contributed by atoms with Crippen LogP contribution in [0.3, 0.4) is 0 Å². The van der Waals surface area contributed by atoms with Crippen molar-refractivity contribution in [3.63, 3.8) is 0 Å². The van der Waals surface area contributed by atoms with Crippen LogP contribution in [0.1, 0.15) is 53.2 Å². The third-order valence-electron chi connectivity index (χ3n) is 5.12. The summed E-state index contributed by atoms with van der Waals surface area (Å²) < 4.78 is 11.2. The summed E-state index contributed by atoms with van der Waals surface area (Å²) in [7, 11) is 1.74. The van der Waals surface area contributed by atoms with Crippen LogP contribution in [0.15, 0.2) is 36.4 Å². The second-order valence-electron chi connectivity index (χ2n) is 7.31. The third-order valence-corrected chi connectivity index (χ3v) is 5.12. The molecule has 0 radical (unpaired) electrons. The standard InChI is InChI=1S/C23H27NO4/c1-5-27-18-9-7-17(8-10-18)13-24(4)21(26)14-28-20-11-6-15(2)22-16(3)12-19(25)23(20)22/h6-11,16H,5,12-14H2,1-4H3/t16-/m1/s1. The molecule has 2 aromatic rings. The Hall–Kier alpha value is -2.82. The molecule has 0 aliphatic heterocycles. The van der Waals surface area contributed by atoms with Crippen LogP contribution in [0, 0.1) is 6.92 Å². The monoisotopic (exact) mass is 381 g/mol. The van der Waals surface area contributed by atoms with Crippen molar-refractivity contribution in [2.75, 3.05) is 20.3 Å². The predicted molar refractivity (Wildman–Crippen MR) is 108 cm³/mol. The maximum absolute atomic E-state index is 12.5. The highest BCUT2D eigenvalue weighted by atomic mass is 16.5. The van der Waals surface area contributed by atoms with E-state index in [1.165, 1.54) is 0 Å². The van der Waals surface area contributed by atoms with Gasteiger partial charge in [-0.1, -0.05) is 25.1 Å². The van der Waals surface area contributed by atoms with Crippen molar-refractivity contribution in [2.24, 2.45) is 0 Å². The highest BCUT2D eigenvalue weighted by Gasteiger charge is 2.31. The molecule has 0 heterocycles. The highest BCUT2D eigenvalue weighted by Crippen LogP contribution is 2.40. The molecule has 5 nitrogen and oxygen atoms in total. The molecule has 1 aliphatic rings. The zero-order valence-corrected chi connectivity index (χ0v) is 17.0. The zero-order valence-electron chi connectivity index (χ0n) is 17.0. The molecule has 0 saturated heterocycles. The van der Waals surface area contributed by atoms with E-state index in [-0.39, 0.29) is 24.2 Å². The van der Waals surface area contributed by atoms with E-state index >= 15 is 0 Å². The van der Waals surface area contributed by atoms with Gasteiger partial charge in [-0.3, -0.25) is 9.59 Å². The number of likely N-dealkylation sites (N-methyl/N-ethyl adjacent to an activating group) is 1. The predicted octanol–water partition coefficient (Wildman–Crippen LogP) is 4.12. The molecule has 2 aromatic carbocycles. The number of hydrogen-bond donors (Lipinski definition) is 0. The van der Waals surface area contributed by atoms with Gasteiger partial charge in [0.15, 0.2) is 12.4 Å². The fourth-order valence-corrected chi connectivity index (χ4v) is 3.70. The molecule has 148 valence electrons. The summed E-state index contributed by atoms with van der Waals surface area (Å²) in [4.78, 5) is 26.5. The number of rotatable bonds is 7. The fourth-order valence-electron chi connectivity index (χ4n) is 3.70. The molecular formula is C23H27NO4. The summed E-state index contributed by atoms with van der Waals surface area (Å²) in [6.45, 7) is 7.02. The molecule has 1 aliphatic carbocycles. The molecular weight excluding hydrogens is 354 g/mol. The Kier molecular flexibility index (Phi) is 6.02. The van der Waals surface area contributed by atoms with E-state index in [1.807, 2.05) is 44.2 Å². The van der Waals surface area contributed by atoms with Gasteiger partial charge in [0.2, 0.25) is 0 Å². The fraction of sp³-hybridized carbons (Fsp3) is 0.391. The lowest BCUT2D eigenvalue weighted by Crippen LogP contribution is -2.31. The lowest BCUT2D eigenvalue weighted by molar-refractivity contribution is -0.132. The van der Waals surface area contributed by atoms with Crippen molar-refractivity contribution in [3.05, 3.63) is 58.7 Å². The van der Waals surface area contributed by atoms with Gasteiger partial charge < -0.3 is 14.4 Å². The molecule has 0 unspecified atom stereocenters. The van der Waals surface area contributed by atoms with Crippen LogP contribution in [0.2, 0.25) is 0 Å². The van der Waals surface area contributed by atoms with Gasteiger partial charge in [0.25, 0.3) is 5.91 Å². The number of hydrogen-bond acceptors (Lipinski definition) is 4. The lowest BCUT2D eigenvalue weighted by Gasteiger charge is -2.19. The van der Waals surface area contributed by atoms with E-state index in [0.29, 0.717) is 30.9 Å². The van der Waals surface area contributed by atoms with E-state index in [0.717, 1.165) is 22.4 Å². The van der Waals surface area contributed by atoms with Gasteiger partial charge in [0, 0.05) is 20.0 Å². The quantitative estimate of drug-likeness (QED) is 0.724. The van der Waals surface area contributed by atoms with Crippen LogP contribution in [0.5, 0.6) is 11.5 Å². The number of fused-ring (bicyclic) bond motifs is 1. The lowest BCUT2D eigenvalue weighted by atomic mass is 9.97. The number of ether oxygens (including phenoxy) is 2. The molecule has 28 heavy (non-hydrogen) atoms. The first-order valence-corrected chi connectivity index (χ1v) is 9.65. The van der Waals surface area contributed by atoms with Crippen LogP contribution in [0.25, 0.3) is 0 Å². The minimum Gasteiger partial charge on any atom is -0.494 e. The van der Waals surface area contributed by atoms with Crippen molar-refractivity contribution >= 4 is 11.7 Å². The van der Waals surface area contributed by atoms with Crippen molar-refractivity contribution in [1.82, 2.24) is 4.90 Å². The molecule has 0 saturated carbocycles. The molecule has 3 rings (SSSR count). The number of carbonyl (C=O) groups is 2. The van der Waals surface area contributed by atoms with Crippen LogP contribution in [0.4, 0.5) is 0 Å². The van der Waals surface area contributed by atoms with Crippen LogP contribution in [-0.4, -0.2) is 36.9 Å². The summed E-state index contributed by atoms with van der Waals surface area (Å²) in [5.74, 6) is 1.48. The van der Waals surface area contributed by atoms with Gasteiger partial charge in [0.05, 0.1) is 12.2 Å². The minimum absolute atomic E-state index is 0.0926. The molecule has 0 N–H and O–H groups in total. The Balaban J connectivity index is 1.62. The van der Waals surface area contributed by atoms with Gasteiger partial charge in [-0.25, -0.2) is 0 Å². The van der Waals surface area contributed by atoms with Crippen LogP contribution < -0.4 is 9.47 Å². The van der Waals surface area contributed by atoms with Crippen molar-refractivity contribution in [1.29, 1.82) is 0 Å². The van der Waals surface area contributed by atoms with Crippen molar-refractivity contribution in [3.8, 4) is 11.5 Å². The first-order valence-electron chi connectivity index (χ1n) is 9.65. The third kappa shape index (κ3) is 4.19. The molecule has 5 heteroatoms. The van der Waals surface area contributed by atoms with Gasteiger partial charge in [-0.05, 0) is 54.7 Å². The summed E-state index contributed by atoms with van der Waals surface area (Å²) >= 11 is 0. The normalized spacial score (nSPS) is 15.3. The number of benzene rings is 2. The zero-order chi connectivity index (χ0) is 20.3. The second kappa shape index (κ2) is 8.46. The average Bonchev–Trinajstić information content (AvgIpc) is 2.98. The van der Waals surface area contributed by atoms with Crippen LogP contribution in [-0.2, 0) is 11.3 Å². The van der Waals surface area contributed by atoms with E-state index in [4.69, 9.17) is 9.47 Å². The largest absolute Gasteiger partial charge is 0.494 e. The van der Waals surface area contributed by atoms with E-state index < -0.39 is 0 Å². The molecule has 0 bridgehead atoms. The summed E-state index contributed by atoms with van der Waals surface area (Å²) in [5, 5.41) is 0. The van der Waals surface area contributed by atoms with Gasteiger partial charge in [0.1, 0.15) is 11.5 Å². The molecule has 0 fully saturated rings. The first-order chi connectivity index (χ1) is 13.4. The molecule has 0 spiro atoms. The topological polar surface area (TPSA) is 55.8 Å². The molecule has 1 atom stereocenters. The number of amides is 1. The van der Waals surface area contributed by atoms with Gasteiger partial charge in [-0.2, -0.15) is 0 Å². The Labute approximate surface area is 166 Å². The maximum atomic E-state index is 12.5. The second-order valence-corrected chi connectivity index (χ2v) is 7.31. The summed E-state index contributed by atoms with van der Waals surface area (Å²) in [6, 6.07) is 11.4. The smallest absolute Gasteiger partial charge is 0.260 e. The van der Waals surface area contributed by atoms with E-state index in [2.05, 4.69) is 6.92 Å². The SMILES string of the molecule is CCOc1ccc(CN(C)C(=O)COc2ccc(C)c3c2C(=O)C[C@H]3C)cc1. The molecule has 0 aromatic heterocycles.